The van der Waals surface area contributed by atoms with Gasteiger partial charge < -0.3 is 14.5 Å². The lowest BCUT2D eigenvalue weighted by molar-refractivity contribution is -0.126. The molecule has 4 aromatic heterocycles. The minimum Gasteiger partial charge on any atom is -0.489 e. The molecule has 2 aliphatic heterocycles. The maximum Gasteiger partial charge on any atom is 0.355 e. The number of amides is 1. The predicted octanol–water partition coefficient (Wildman–Crippen LogP) is 4.23. The smallest absolute Gasteiger partial charge is 0.355 e. The molecular formula is C30H30ClN7O3. The normalized spacial score (nSPS) is 16.4. The summed E-state index contributed by atoms with van der Waals surface area (Å²) < 4.78 is 7.99. The molecule has 0 saturated carbocycles. The Morgan fingerprint density at radius 1 is 1.17 bits per heavy atom. The van der Waals surface area contributed by atoms with Crippen molar-refractivity contribution >= 4 is 34.4 Å². The zero-order valence-corrected chi connectivity index (χ0v) is 24.1. The molecule has 1 saturated heterocycles. The van der Waals surface area contributed by atoms with Crippen molar-refractivity contribution in [2.24, 2.45) is 0 Å². The van der Waals surface area contributed by atoms with Crippen molar-refractivity contribution < 1.29 is 9.53 Å². The van der Waals surface area contributed by atoms with Gasteiger partial charge in [-0.15, -0.1) is 0 Å². The largest absolute Gasteiger partial charge is 0.489 e. The number of nitrogens with zero attached hydrogens (tertiary/aromatic N) is 7. The summed E-state index contributed by atoms with van der Waals surface area (Å²) in [6.07, 6.45) is 4.76. The number of pyridine rings is 3. The maximum absolute atomic E-state index is 14.1. The number of ether oxygens (including phenoxy) is 1. The summed E-state index contributed by atoms with van der Waals surface area (Å²) in [6, 6.07) is 5.34. The van der Waals surface area contributed by atoms with Gasteiger partial charge in [-0.05, 0) is 49.6 Å². The molecule has 0 aromatic carbocycles. The molecule has 11 heteroatoms. The molecule has 0 radical (unpaired) electrons. The molecule has 1 amide bonds. The molecular weight excluding hydrogens is 542 g/mol. The minimum atomic E-state index is -0.481. The van der Waals surface area contributed by atoms with Crippen LogP contribution in [0, 0.1) is 13.8 Å². The van der Waals surface area contributed by atoms with Gasteiger partial charge in [0.15, 0.2) is 11.4 Å². The molecule has 1 fully saturated rings. The van der Waals surface area contributed by atoms with Gasteiger partial charge in [0.05, 0.1) is 23.1 Å². The first-order chi connectivity index (χ1) is 19.7. The summed E-state index contributed by atoms with van der Waals surface area (Å²) in [4.78, 5) is 49.0. The zero-order valence-electron chi connectivity index (χ0n) is 23.4. The summed E-state index contributed by atoms with van der Waals surface area (Å²) >= 11 is 7.08. The first kappa shape index (κ1) is 26.9. The number of carbonyl (C=O) groups is 1. The van der Waals surface area contributed by atoms with Crippen LogP contribution in [-0.4, -0.2) is 67.6 Å². The fourth-order valence-electron chi connectivity index (χ4n) is 5.71. The van der Waals surface area contributed by atoms with E-state index in [0.29, 0.717) is 58.6 Å². The van der Waals surface area contributed by atoms with Gasteiger partial charge >= 0.3 is 5.69 Å². The molecule has 6 heterocycles. The van der Waals surface area contributed by atoms with Gasteiger partial charge in [0.1, 0.15) is 22.8 Å². The van der Waals surface area contributed by atoms with Crippen molar-refractivity contribution in [2.45, 2.75) is 39.7 Å². The van der Waals surface area contributed by atoms with Crippen molar-refractivity contribution in [3.8, 4) is 22.7 Å². The SMILES string of the molecule is C=CC(=O)N1CCN2c3nc(=O)n(-c4c(C)ccnc4C(C)C)c4nc(-c5cccnc5C)c(Cl)c(c34)OC[C@@H]2C1. The molecule has 41 heavy (non-hydrogen) atoms. The Morgan fingerprint density at radius 3 is 2.71 bits per heavy atom. The third kappa shape index (κ3) is 4.33. The summed E-state index contributed by atoms with van der Waals surface area (Å²) in [7, 11) is 0. The molecule has 0 aliphatic carbocycles. The number of aryl methyl sites for hydroxylation is 2. The third-order valence-electron chi connectivity index (χ3n) is 7.75. The second kappa shape index (κ2) is 10.3. The fourth-order valence-corrected chi connectivity index (χ4v) is 6.00. The van der Waals surface area contributed by atoms with E-state index in [2.05, 4.69) is 21.5 Å². The number of anilines is 1. The van der Waals surface area contributed by atoms with Gasteiger partial charge in [0.2, 0.25) is 5.91 Å². The molecule has 10 nitrogen and oxygen atoms in total. The quantitative estimate of drug-likeness (QED) is 0.335. The average molecular weight is 572 g/mol. The highest BCUT2D eigenvalue weighted by molar-refractivity contribution is 6.36. The lowest BCUT2D eigenvalue weighted by Crippen LogP contribution is -2.56. The topological polar surface area (TPSA) is 106 Å². The monoisotopic (exact) mass is 571 g/mol. The highest BCUT2D eigenvalue weighted by Crippen LogP contribution is 2.45. The molecule has 2 aliphatic rings. The molecule has 0 bridgehead atoms. The average Bonchev–Trinajstić information content (AvgIpc) is 3.12. The number of hydrogen-bond donors (Lipinski definition) is 0. The summed E-state index contributed by atoms with van der Waals surface area (Å²) in [5, 5.41) is 0.858. The number of carbonyl (C=O) groups excluding carboxylic acids is 1. The van der Waals surface area contributed by atoms with Crippen LogP contribution < -0.4 is 15.3 Å². The lowest BCUT2D eigenvalue weighted by atomic mass is 10.0. The van der Waals surface area contributed by atoms with Gasteiger partial charge in [0, 0.05) is 43.3 Å². The number of fused-ring (bicyclic) bond motifs is 2. The van der Waals surface area contributed by atoms with E-state index in [-0.39, 0.29) is 24.5 Å². The van der Waals surface area contributed by atoms with Crippen molar-refractivity contribution in [3.05, 3.63) is 75.7 Å². The van der Waals surface area contributed by atoms with E-state index in [9.17, 15) is 9.59 Å². The van der Waals surface area contributed by atoms with E-state index < -0.39 is 5.69 Å². The first-order valence-electron chi connectivity index (χ1n) is 13.6. The van der Waals surface area contributed by atoms with Crippen LogP contribution >= 0.6 is 11.6 Å². The highest BCUT2D eigenvalue weighted by Gasteiger charge is 2.37. The molecule has 0 spiro atoms. The molecule has 0 N–H and O–H groups in total. The van der Waals surface area contributed by atoms with E-state index in [1.165, 1.54) is 10.6 Å². The van der Waals surface area contributed by atoms with Gasteiger partial charge in [0.25, 0.3) is 0 Å². The zero-order chi connectivity index (χ0) is 29.0. The maximum atomic E-state index is 14.1. The van der Waals surface area contributed by atoms with Crippen LogP contribution in [0.4, 0.5) is 5.82 Å². The third-order valence-corrected chi connectivity index (χ3v) is 8.10. The summed E-state index contributed by atoms with van der Waals surface area (Å²) in [5.41, 5.74) is 4.08. The molecule has 1 atom stereocenters. The second-order valence-electron chi connectivity index (χ2n) is 10.7. The molecule has 4 aromatic rings. The Bertz CT molecular complexity index is 1780. The number of hydrogen-bond acceptors (Lipinski definition) is 8. The van der Waals surface area contributed by atoms with E-state index in [4.69, 9.17) is 21.3 Å². The fraction of sp³-hybridized carbons (Fsp3) is 0.333. The van der Waals surface area contributed by atoms with E-state index in [1.54, 1.807) is 17.3 Å². The predicted molar refractivity (Wildman–Crippen MR) is 158 cm³/mol. The number of piperazine rings is 1. The van der Waals surface area contributed by atoms with Crippen LogP contribution in [0.3, 0.4) is 0 Å². The van der Waals surface area contributed by atoms with Gasteiger partial charge in [-0.3, -0.25) is 14.8 Å². The van der Waals surface area contributed by atoms with Gasteiger partial charge in [-0.1, -0.05) is 32.0 Å². The van der Waals surface area contributed by atoms with E-state index >= 15 is 0 Å². The Labute approximate surface area is 242 Å². The Kier molecular flexibility index (Phi) is 6.73. The van der Waals surface area contributed by atoms with Crippen LogP contribution in [0.2, 0.25) is 5.02 Å². The summed E-state index contributed by atoms with van der Waals surface area (Å²) in [5.74, 6) is 0.725. The lowest BCUT2D eigenvalue weighted by Gasteiger charge is -2.40. The van der Waals surface area contributed by atoms with Crippen LogP contribution in [0.25, 0.3) is 28.0 Å². The Hall–Kier alpha value is -4.31. The minimum absolute atomic E-state index is 0.0325. The van der Waals surface area contributed by atoms with Crippen LogP contribution in [0.1, 0.15) is 36.7 Å². The number of rotatable bonds is 4. The second-order valence-corrected chi connectivity index (χ2v) is 11.0. The van der Waals surface area contributed by atoms with E-state index in [0.717, 1.165) is 22.5 Å². The standard InChI is InChI=1S/C30H30ClN7O3/c1-6-21(39)36-12-13-37-19(14-36)15-41-27-22-28(37)35-30(40)38(26-17(4)9-11-33-24(26)16(2)3)29(22)34-25(23(27)31)20-8-7-10-32-18(20)5/h6-11,16,19H,1,12-15H2,2-5H3/t19-/m0/s1. The highest BCUT2D eigenvalue weighted by atomic mass is 35.5. The van der Waals surface area contributed by atoms with Gasteiger partial charge in [-0.25, -0.2) is 14.3 Å². The van der Waals surface area contributed by atoms with E-state index in [1.807, 2.05) is 50.8 Å². The first-order valence-corrected chi connectivity index (χ1v) is 13.9. The van der Waals surface area contributed by atoms with Crippen molar-refractivity contribution in [1.82, 2.24) is 29.4 Å². The number of aromatic nitrogens is 5. The Balaban J connectivity index is 1.70. The van der Waals surface area contributed by atoms with Crippen LogP contribution in [0.15, 0.2) is 48.0 Å². The van der Waals surface area contributed by atoms with Crippen molar-refractivity contribution in [2.75, 3.05) is 31.1 Å². The molecule has 210 valence electrons. The van der Waals surface area contributed by atoms with Crippen molar-refractivity contribution in [1.29, 1.82) is 0 Å². The molecule has 6 rings (SSSR count). The van der Waals surface area contributed by atoms with Crippen molar-refractivity contribution in [3.63, 3.8) is 0 Å². The number of halogens is 1. The Morgan fingerprint density at radius 2 is 1.98 bits per heavy atom. The van der Waals surface area contributed by atoms with Gasteiger partial charge in [-0.2, -0.15) is 4.98 Å². The summed E-state index contributed by atoms with van der Waals surface area (Å²) in [6.45, 7) is 13.1. The molecule has 0 unspecified atom stereocenters. The van der Waals surface area contributed by atoms with Crippen LogP contribution in [0.5, 0.6) is 5.75 Å². The van der Waals surface area contributed by atoms with Crippen LogP contribution in [-0.2, 0) is 4.79 Å².